The summed E-state index contributed by atoms with van der Waals surface area (Å²) in [6.07, 6.45) is -0.315. The molecule has 0 bridgehead atoms. The molecule has 8 aromatic rings. The van der Waals surface area contributed by atoms with Crippen molar-refractivity contribution in [1.82, 2.24) is 5.32 Å². The van der Waals surface area contributed by atoms with E-state index in [4.69, 9.17) is 14.4 Å². The predicted molar refractivity (Wildman–Crippen MR) is 186 cm³/mol. The molecule has 1 unspecified atom stereocenters. The topological polar surface area (TPSA) is 49.9 Å². The van der Waals surface area contributed by atoms with Crippen LogP contribution in [-0.4, -0.2) is 11.7 Å². The summed E-state index contributed by atoms with van der Waals surface area (Å²) < 4.78 is 6.50. The van der Waals surface area contributed by atoms with E-state index in [-0.39, 0.29) is 6.17 Å². The van der Waals surface area contributed by atoms with Crippen LogP contribution in [0.4, 0.5) is 0 Å². The minimum atomic E-state index is -0.315. The maximum absolute atomic E-state index is 6.50. The molecule has 2 heterocycles. The van der Waals surface area contributed by atoms with Crippen molar-refractivity contribution in [2.24, 2.45) is 9.98 Å². The highest BCUT2D eigenvalue weighted by atomic mass is 16.3. The summed E-state index contributed by atoms with van der Waals surface area (Å²) in [4.78, 5) is 10.5. The van der Waals surface area contributed by atoms with Gasteiger partial charge in [0.25, 0.3) is 0 Å². The van der Waals surface area contributed by atoms with Crippen molar-refractivity contribution < 1.29 is 4.42 Å². The lowest BCUT2D eigenvalue weighted by molar-refractivity contribution is 0.668. The summed E-state index contributed by atoms with van der Waals surface area (Å²) in [7, 11) is 0. The summed E-state index contributed by atoms with van der Waals surface area (Å²) >= 11 is 0. The van der Waals surface area contributed by atoms with Gasteiger partial charge >= 0.3 is 0 Å². The minimum Gasteiger partial charge on any atom is -0.456 e. The Hall–Kier alpha value is -6.00. The first kappa shape index (κ1) is 25.5. The van der Waals surface area contributed by atoms with Crippen LogP contribution < -0.4 is 5.32 Å². The zero-order chi connectivity index (χ0) is 29.7. The number of benzene rings is 7. The lowest BCUT2D eigenvalue weighted by Crippen LogP contribution is -2.33. The van der Waals surface area contributed by atoms with Crippen molar-refractivity contribution in [3.8, 4) is 11.1 Å². The van der Waals surface area contributed by atoms with Crippen LogP contribution in [0.1, 0.15) is 22.9 Å². The number of furan rings is 1. The summed E-state index contributed by atoms with van der Waals surface area (Å²) in [5, 5.41) is 10.5. The monoisotopic (exact) mass is 577 g/mol. The van der Waals surface area contributed by atoms with E-state index < -0.39 is 0 Å². The number of hydrogen-bond donors (Lipinski definition) is 1. The highest BCUT2D eigenvalue weighted by molar-refractivity contribution is 6.24. The van der Waals surface area contributed by atoms with Crippen molar-refractivity contribution in [1.29, 1.82) is 0 Å². The Bertz CT molecular complexity index is 2470. The van der Waals surface area contributed by atoms with Crippen molar-refractivity contribution in [3.63, 3.8) is 0 Å². The summed E-state index contributed by atoms with van der Waals surface area (Å²) in [6.45, 7) is 0. The zero-order valence-electron chi connectivity index (χ0n) is 24.3. The quantitative estimate of drug-likeness (QED) is 0.226. The molecule has 0 radical (unpaired) electrons. The van der Waals surface area contributed by atoms with Gasteiger partial charge in [-0.1, -0.05) is 127 Å². The number of aliphatic imine (C=N–C) groups is 2. The molecule has 1 N–H and O–H groups in total. The lowest BCUT2D eigenvalue weighted by atomic mass is 9.96. The molecule has 1 aliphatic rings. The van der Waals surface area contributed by atoms with Crippen LogP contribution in [0.3, 0.4) is 0 Å². The highest BCUT2D eigenvalue weighted by Gasteiger charge is 2.25. The third kappa shape index (κ3) is 4.38. The van der Waals surface area contributed by atoms with Crippen LogP contribution >= 0.6 is 0 Å². The molecule has 0 fully saturated rings. The molecular formula is C41H27N3O. The second-order valence-electron chi connectivity index (χ2n) is 11.5. The van der Waals surface area contributed by atoms with E-state index in [0.717, 1.165) is 66.4 Å². The molecule has 1 atom stereocenters. The van der Waals surface area contributed by atoms with Crippen LogP contribution in [0, 0.1) is 0 Å². The molecule has 45 heavy (non-hydrogen) atoms. The first-order valence-corrected chi connectivity index (χ1v) is 15.2. The molecule has 4 heteroatoms. The van der Waals surface area contributed by atoms with Gasteiger partial charge in [0.05, 0.1) is 0 Å². The fourth-order valence-electron chi connectivity index (χ4n) is 6.51. The Kier molecular flexibility index (Phi) is 5.85. The van der Waals surface area contributed by atoms with E-state index in [1.165, 1.54) is 10.8 Å². The van der Waals surface area contributed by atoms with Crippen LogP contribution in [-0.2, 0) is 0 Å². The van der Waals surface area contributed by atoms with E-state index in [9.17, 15) is 0 Å². The number of fused-ring (bicyclic) bond motifs is 5. The molecule has 0 amide bonds. The molecule has 0 saturated heterocycles. The average Bonchev–Trinajstić information content (AvgIpc) is 3.49. The van der Waals surface area contributed by atoms with Crippen LogP contribution in [0.25, 0.3) is 54.6 Å². The van der Waals surface area contributed by atoms with E-state index in [1.54, 1.807) is 0 Å². The summed E-state index contributed by atoms with van der Waals surface area (Å²) in [5.74, 6) is 1.47. The van der Waals surface area contributed by atoms with Crippen molar-refractivity contribution in [2.75, 3.05) is 0 Å². The number of para-hydroxylation sites is 1. The molecular weight excluding hydrogens is 550 g/mol. The highest BCUT2D eigenvalue weighted by Crippen LogP contribution is 2.37. The molecule has 0 saturated carbocycles. The Morgan fingerprint density at radius 1 is 0.511 bits per heavy atom. The molecule has 1 aromatic heterocycles. The normalized spacial score (nSPS) is 14.9. The average molecular weight is 578 g/mol. The molecule has 1 aliphatic heterocycles. The molecule has 0 spiro atoms. The lowest BCUT2D eigenvalue weighted by Gasteiger charge is -2.24. The van der Waals surface area contributed by atoms with Gasteiger partial charge in [0.2, 0.25) is 0 Å². The zero-order valence-corrected chi connectivity index (χ0v) is 24.3. The van der Waals surface area contributed by atoms with E-state index in [1.807, 2.05) is 18.2 Å². The van der Waals surface area contributed by atoms with Gasteiger partial charge in [-0.15, -0.1) is 0 Å². The minimum absolute atomic E-state index is 0.315. The summed E-state index contributed by atoms with van der Waals surface area (Å²) in [5.41, 5.74) is 6.92. The fraction of sp³-hybridized carbons (Fsp3) is 0.0244. The Labute approximate surface area is 260 Å². The first-order chi connectivity index (χ1) is 22.3. The molecule has 9 rings (SSSR count). The van der Waals surface area contributed by atoms with Crippen LogP contribution in [0.15, 0.2) is 166 Å². The largest absolute Gasteiger partial charge is 0.456 e. The van der Waals surface area contributed by atoms with Gasteiger partial charge in [-0.3, -0.25) is 0 Å². The second kappa shape index (κ2) is 10.3. The van der Waals surface area contributed by atoms with Gasteiger partial charge in [-0.05, 0) is 62.5 Å². The number of nitrogens with zero attached hydrogens (tertiary/aromatic N) is 2. The van der Waals surface area contributed by atoms with Crippen molar-refractivity contribution in [2.45, 2.75) is 6.17 Å². The van der Waals surface area contributed by atoms with E-state index >= 15 is 0 Å². The van der Waals surface area contributed by atoms with Gasteiger partial charge < -0.3 is 9.73 Å². The number of hydrogen-bond acceptors (Lipinski definition) is 4. The molecule has 212 valence electrons. The molecule has 7 aromatic carbocycles. The first-order valence-electron chi connectivity index (χ1n) is 15.2. The fourth-order valence-corrected chi connectivity index (χ4v) is 6.51. The van der Waals surface area contributed by atoms with Gasteiger partial charge in [0, 0.05) is 21.9 Å². The third-order valence-electron chi connectivity index (χ3n) is 8.70. The Balaban J connectivity index is 1.30. The maximum Gasteiger partial charge on any atom is 0.160 e. The second-order valence-corrected chi connectivity index (χ2v) is 11.5. The van der Waals surface area contributed by atoms with Crippen LogP contribution in [0.2, 0.25) is 0 Å². The number of nitrogens with one attached hydrogen (secondary N) is 1. The van der Waals surface area contributed by atoms with Crippen molar-refractivity contribution >= 4 is 55.2 Å². The number of amidine groups is 2. The smallest absolute Gasteiger partial charge is 0.160 e. The molecule has 0 aliphatic carbocycles. The van der Waals surface area contributed by atoms with Crippen molar-refractivity contribution in [3.05, 3.63) is 168 Å². The summed E-state index contributed by atoms with van der Waals surface area (Å²) in [6, 6.07) is 52.8. The Morgan fingerprint density at radius 2 is 1.24 bits per heavy atom. The third-order valence-corrected chi connectivity index (χ3v) is 8.70. The van der Waals surface area contributed by atoms with E-state index in [2.05, 4.69) is 139 Å². The van der Waals surface area contributed by atoms with Gasteiger partial charge in [0.1, 0.15) is 23.2 Å². The van der Waals surface area contributed by atoms with Gasteiger partial charge in [0.15, 0.2) is 5.84 Å². The standard InChI is InChI=1S/C41H27N3O/c1-2-13-28(14-3-1)39-42-40(33-19-10-16-27-12-6-7-17-32(27)33)44-41(43-39)35-24-31(30-22-21-26-11-4-5-15-29(26)23-30)25-37-38(35)34-18-8-9-20-36(34)45-37/h1-25,39H,(H,42,43,44). The van der Waals surface area contributed by atoms with Gasteiger partial charge in [-0.2, -0.15) is 0 Å². The Morgan fingerprint density at radius 3 is 2.13 bits per heavy atom. The number of rotatable bonds is 4. The van der Waals surface area contributed by atoms with Gasteiger partial charge in [-0.25, -0.2) is 9.98 Å². The SMILES string of the molecule is c1ccc(C2N=C(c3cccc4ccccc34)N=C(c3cc(-c4ccc5ccccc5c4)cc4oc5ccccc5c34)N2)cc1. The predicted octanol–water partition coefficient (Wildman–Crippen LogP) is 10.1. The van der Waals surface area contributed by atoms with Crippen LogP contribution in [0.5, 0.6) is 0 Å². The maximum atomic E-state index is 6.50. The molecule has 4 nitrogen and oxygen atoms in total. The van der Waals surface area contributed by atoms with E-state index in [0.29, 0.717) is 5.84 Å².